The van der Waals surface area contributed by atoms with Crippen LogP contribution in [0.4, 0.5) is 0 Å². The summed E-state index contributed by atoms with van der Waals surface area (Å²) in [7, 11) is 0. The van der Waals surface area contributed by atoms with Crippen molar-refractivity contribution >= 4 is 11.0 Å². The first kappa shape index (κ1) is 14.5. The van der Waals surface area contributed by atoms with Gasteiger partial charge in [-0.2, -0.15) is 0 Å². The van der Waals surface area contributed by atoms with Crippen molar-refractivity contribution in [2.24, 2.45) is 0 Å². The van der Waals surface area contributed by atoms with E-state index in [0.29, 0.717) is 12.2 Å². The normalized spacial score (nSPS) is 11.0. The minimum absolute atomic E-state index is 0.0127. The average molecular weight is 298 g/mol. The first-order valence-corrected chi connectivity index (χ1v) is 7.28. The standard InChI is InChI=1S/C18H18O4/c19-10-11-21-15-8-5-13(6-9-15)4-7-14-12-22-17-3-1-2-16(20)18(14)17/h1-3,5-6,8-9,12,19-20H,4,7,10-11H2. The number of phenols is 1. The molecule has 0 saturated carbocycles. The predicted octanol–water partition coefficient (Wildman–Crippen LogP) is 3.29. The molecule has 0 bridgehead atoms. The first-order chi connectivity index (χ1) is 10.8. The Labute approximate surface area is 128 Å². The zero-order chi connectivity index (χ0) is 15.4. The van der Waals surface area contributed by atoms with Gasteiger partial charge >= 0.3 is 0 Å². The third kappa shape index (κ3) is 3.07. The lowest BCUT2D eigenvalue weighted by atomic mass is 10.0. The second-order valence-electron chi connectivity index (χ2n) is 5.13. The van der Waals surface area contributed by atoms with Crippen molar-refractivity contribution in [3.05, 3.63) is 59.9 Å². The summed E-state index contributed by atoms with van der Waals surface area (Å²) < 4.78 is 10.8. The summed E-state index contributed by atoms with van der Waals surface area (Å²) in [5, 5.41) is 19.5. The minimum atomic E-state index is 0.0127. The molecule has 22 heavy (non-hydrogen) atoms. The molecule has 0 aliphatic carbocycles. The lowest BCUT2D eigenvalue weighted by Gasteiger charge is -2.05. The molecule has 3 aromatic rings. The van der Waals surface area contributed by atoms with E-state index in [0.717, 1.165) is 29.5 Å². The molecule has 0 aliphatic rings. The van der Waals surface area contributed by atoms with Crippen LogP contribution in [0, 0.1) is 0 Å². The third-order valence-corrected chi connectivity index (χ3v) is 3.62. The van der Waals surface area contributed by atoms with Gasteiger partial charge in [-0.1, -0.05) is 18.2 Å². The van der Waals surface area contributed by atoms with Crippen molar-refractivity contribution in [2.75, 3.05) is 13.2 Å². The van der Waals surface area contributed by atoms with Crippen LogP contribution in [-0.4, -0.2) is 23.4 Å². The van der Waals surface area contributed by atoms with Crippen molar-refractivity contribution < 1.29 is 19.4 Å². The molecule has 3 rings (SSSR count). The number of phenolic OH excluding ortho intramolecular Hbond substituents is 1. The molecule has 0 fully saturated rings. The van der Waals surface area contributed by atoms with Crippen molar-refractivity contribution in [1.29, 1.82) is 0 Å². The molecule has 4 nitrogen and oxygen atoms in total. The van der Waals surface area contributed by atoms with Gasteiger partial charge in [0.05, 0.1) is 18.3 Å². The monoisotopic (exact) mass is 298 g/mol. The van der Waals surface area contributed by atoms with Gasteiger partial charge in [0.15, 0.2) is 0 Å². The number of furan rings is 1. The van der Waals surface area contributed by atoms with Gasteiger partial charge in [0, 0.05) is 5.56 Å². The van der Waals surface area contributed by atoms with Crippen LogP contribution in [-0.2, 0) is 12.8 Å². The topological polar surface area (TPSA) is 62.8 Å². The molecule has 0 radical (unpaired) electrons. The molecular weight excluding hydrogens is 280 g/mol. The van der Waals surface area contributed by atoms with Crippen molar-refractivity contribution in [3.63, 3.8) is 0 Å². The van der Waals surface area contributed by atoms with Gasteiger partial charge in [0.2, 0.25) is 0 Å². The van der Waals surface area contributed by atoms with Crippen LogP contribution in [0.1, 0.15) is 11.1 Å². The van der Waals surface area contributed by atoms with Crippen LogP contribution in [0.15, 0.2) is 53.1 Å². The van der Waals surface area contributed by atoms with Crippen LogP contribution < -0.4 is 4.74 Å². The highest BCUT2D eigenvalue weighted by molar-refractivity contribution is 5.87. The second kappa shape index (κ2) is 6.54. The van der Waals surface area contributed by atoms with Gasteiger partial charge in [0.25, 0.3) is 0 Å². The molecule has 1 heterocycles. The number of hydrogen-bond acceptors (Lipinski definition) is 4. The second-order valence-corrected chi connectivity index (χ2v) is 5.13. The Morgan fingerprint density at radius 2 is 1.82 bits per heavy atom. The zero-order valence-electron chi connectivity index (χ0n) is 12.2. The van der Waals surface area contributed by atoms with Crippen LogP contribution in [0.5, 0.6) is 11.5 Å². The van der Waals surface area contributed by atoms with Gasteiger partial charge < -0.3 is 19.4 Å². The Balaban J connectivity index is 1.69. The van der Waals surface area contributed by atoms with E-state index in [1.54, 1.807) is 18.4 Å². The predicted molar refractivity (Wildman–Crippen MR) is 84.3 cm³/mol. The van der Waals surface area contributed by atoms with E-state index in [4.69, 9.17) is 14.3 Å². The molecule has 2 aromatic carbocycles. The van der Waals surface area contributed by atoms with E-state index < -0.39 is 0 Å². The molecule has 0 amide bonds. The van der Waals surface area contributed by atoms with Crippen molar-refractivity contribution in [3.8, 4) is 11.5 Å². The zero-order valence-corrected chi connectivity index (χ0v) is 12.2. The summed E-state index contributed by atoms with van der Waals surface area (Å²) in [6.45, 7) is 0.318. The average Bonchev–Trinajstić information content (AvgIpc) is 2.96. The van der Waals surface area contributed by atoms with Gasteiger partial charge in [-0.05, 0) is 42.7 Å². The lowest BCUT2D eigenvalue weighted by molar-refractivity contribution is 0.201. The summed E-state index contributed by atoms with van der Waals surface area (Å²) in [5.41, 5.74) is 2.90. The lowest BCUT2D eigenvalue weighted by Crippen LogP contribution is -2.01. The van der Waals surface area contributed by atoms with Crippen LogP contribution in [0.25, 0.3) is 11.0 Å². The molecule has 114 valence electrons. The molecule has 0 unspecified atom stereocenters. The smallest absolute Gasteiger partial charge is 0.137 e. The van der Waals surface area contributed by atoms with Crippen molar-refractivity contribution in [1.82, 2.24) is 0 Å². The molecular formula is C18H18O4. The Bertz CT molecular complexity index is 743. The number of aryl methyl sites for hydroxylation is 2. The SMILES string of the molecule is OCCOc1ccc(CCc2coc3cccc(O)c23)cc1. The summed E-state index contributed by atoms with van der Waals surface area (Å²) in [6.07, 6.45) is 3.35. The fourth-order valence-electron chi connectivity index (χ4n) is 2.51. The highest BCUT2D eigenvalue weighted by atomic mass is 16.5. The number of aliphatic hydroxyl groups excluding tert-OH is 1. The number of aliphatic hydroxyl groups is 1. The Morgan fingerprint density at radius 1 is 1.00 bits per heavy atom. The molecule has 0 spiro atoms. The fourth-order valence-corrected chi connectivity index (χ4v) is 2.51. The maximum absolute atomic E-state index is 9.96. The summed E-state index contributed by atoms with van der Waals surface area (Å²) in [6, 6.07) is 13.1. The highest BCUT2D eigenvalue weighted by Crippen LogP contribution is 2.30. The number of aromatic hydroxyl groups is 1. The number of hydrogen-bond donors (Lipinski definition) is 2. The van der Waals surface area contributed by atoms with Gasteiger partial charge in [-0.15, -0.1) is 0 Å². The van der Waals surface area contributed by atoms with E-state index in [1.165, 1.54) is 5.56 Å². The molecule has 0 aliphatic heterocycles. The fraction of sp³-hybridized carbons (Fsp3) is 0.222. The van der Waals surface area contributed by atoms with Gasteiger partial charge in [0.1, 0.15) is 23.7 Å². The number of fused-ring (bicyclic) bond motifs is 1. The highest BCUT2D eigenvalue weighted by Gasteiger charge is 2.09. The Morgan fingerprint density at radius 3 is 2.59 bits per heavy atom. The van der Waals surface area contributed by atoms with E-state index in [1.807, 2.05) is 30.3 Å². The molecule has 4 heteroatoms. The molecule has 2 N–H and O–H groups in total. The van der Waals surface area contributed by atoms with Crippen LogP contribution in [0.2, 0.25) is 0 Å². The van der Waals surface area contributed by atoms with E-state index in [-0.39, 0.29) is 12.4 Å². The maximum Gasteiger partial charge on any atom is 0.137 e. The van der Waals surface area contributed by atoms with E-state index >= 15 is 0 Å². The van der Waals surface area contributed by atoms with E-state index in [9.17, 15) is 5.11 Å². The largest absolute Gasteiger partial charge is 0.507 e. The summed E-state index contributed by atoms with van der Waals surface area (Å²) in [5.74, 6) is 1.01. The van der Waals surface area contributed by atoms with Crippen LogP contribution in [0.3, 0.4) is 0 Å². The third-order valence-electron chi connectivity index (χ3n) is 3.62. The number of rotatable bonds is 6. The van der Waals surface area contributed by atoms with Gasteiger partial charge in [-0.25, -0.2) is 0 Å². The molecule has 1 aromatic heterocycles. The Kier molecular flexibility index (Phi) is 4.30. The van der Waals surface area contributed by atoms with Crippen molar-refractivity contribution in [2.45, 2.75) is 12.8 Å². The minimum Gasteiger partial charge on any atom is -0.507 e. The molecule has 0 atom stereocenters. The summed E-state index contributed by atoms with van der Waals surface area (Å²) >= 11 is 0. The van der Waals surface area contributed by atoms with Gasteiger partial charge in [-0.3, -0.25) is 0 Å². The first-order valence-electron chi connectivity index (χ1n) is 7.28. The number of ether oxygens (including phenoxy) is 1. The molecule has 0 saturated heterocycles. The Hall–Kier alpha value is -2.46. The summed E-state index contributed by atoms with van der Waals surface area (Å²) in [4.78, 5) is 0. The quantitative estimate of drug-likeness (QED) is 0.733. The maximum atomic E-state index is 9.96. The van der Waals surface area contributed by atoms with Crippen LogP contribution >= 0.6 is 0 Å². The van der Waals surface area contributed by atoms with E-state index in [2.05, 4.69) is 0 Å². The number of benzene rings is 2.